The Labute approximate surface area is 186 Å². The van der Waals surface area contributed by atoms with Gasteiger partial charge in [-0.2, -0.15) is 10.4 Å². The monoisotopic (exact) mass is 428 g/mol. The highest BCUT2D eigenvalue weighted by Crippen LogP contribution is 2.21. The van der Waals surface area contributed by atoms with Crippen molar-refractivity contribution < 1.29 is 9.59 Å². The van der Waals surface area contributed by atoms with Crippen molar-refractivity contribution in [2.75, 3.05) is 19.3 Å². The van der Waals surface area contributed by atoms with Crippen LogP contribution in [0.3, 0.4) is 0 Å². The predicted molar refractivity (Wildman–Crippen MR) is 123 cm³/mol. The van der Waals surface area contributed by atoms with E-state index in [4.69, 9.17) is 5.73 Å². The zero-order chi connectivity index (χ0) is 22.9. The summed E-state index contributed by atoms with van der Waals surface area (Å²) in [5.41, 5.74) is 9.23. The molecule has 2 aromatic carbocycles. The van der Waals surface area contributed by atoms with Crippen LogP contribution in [0.5, 0.6) is 0 Å². The highest BCUT2D eigenvalue weighted by molar-refractivity contribution is 5.94. The number of nitriles is 1. The molecule has 1 heterocycles. The van der Waals surface area contributed by atoms with Crippen LogP contribution >= 0.6 is 0 Å². The first-order valence-electron chi connectivity index (χ1n) is 10.1. The van der Waals surface area contributed by atoms with Gasteiger partial charge in [-0.15, -0.1) is 0 Å². The predicted octanol–water partition coefficient (Wildman–Crippen LogP) is 2.45. The molecule has 32 heavy (non-hydrogen) atoms. The Morgan fingerprint density at radius 3 is 2.53 bits per heavy atom. The third-order valence-electron chi connectivity index (χ3n) is 4.82. The molecular weight excluding hydrogens is 404 g/mol. The van der Waals surface area contributed by atoms with E-state index in [1.54, 1.807) is 42.1 Å². The molecule has 0 unspecified atom stereocenters. The van der Waals surface area contributed by atoms with E-state index in [9.17, 15) is 14.9 Å². The van der Waals surface area contributed by atoms with E-state index in [1.807, 2.05) is 30.3 Å². The lowest BCUT2D eigenvalue weighted by molar-refractivity contribution is -0.116. The lowest BCUT2D eigenvalue weighted by Crippen LogP contribution is -2.22. The summed E-state index contributed by atoms with van der Waals surface area (Å²) in [5, 5.41) is 19.3. The molecule has 4 N–H and O–H groups in total. The van der Waals surface area contributed by atoms with Gasteiger partial charge in [0.25, 0.3) is 5.91 Å². The lowest BCUT2D eigenvalue weighted by Gasteiger charge is -2.03. The molecule has 0 bridgehead atoms. The van der Waals surface area contributed by atoms with Crippen molar-refractivity contribution in [3.8, 4) is 11.8 Å². The highest BCUT2D eigenvalue weighted by atomic mass is 16.2. The number of aromatic nitrogens is 2. The number of rotatable bonds is 8. The topological polar surface area (TPSA) is 126 Å². The number of carbonyl (C=O) groups is 2. The molecule has 0 saturated heterocycles. The number of amides is 2. The number of benzene rings is 2. The van der Waals surface area contributed by atoms with Gasteiger partial charge in [0.2, 0.25) is 5.91 Å². The first kappa shape index (κ1) is 22.3. The smallest absolute Gasteiger partial charge is 0.251 e. The first-order valence-corrected chi connectivity index (χ1v) is 10.1. The van der Waals surface area contributed by atoms with Gasteiger partial charge in [-0.25, -0.2) is 4.68 Å². The fourth-order valence-electron chi connectivity index (χ4n) is 3.13. The lowest BCUT2D eigenvalue weighted by atomic mass is 10.1. The van der Waals surface area contributed by atoms with E-state index in [0.717, 1.165) is 11.3 Å². The number of hydrogen-bond acceptors (Lipinski definition) is 5. The summed E-state index contributed by atoms with van der Waals surface area (Å²) < 4.78 is 1.56. The molecule has 0 radical (unpaired) electrons. The second-order valence-electron chi connectivity index (χ2n) is 7.00. The third-order valence-corrected chi connectivity index (χ3v) is 4.82. The van der Waals surface area contributed by atoms with Crippen LogP contribution in [-0.4, -0.2) is 35.2 Å². The third kappa shape index (κ3) is 5.40. The number of carbonyl (C=O) groups excluding carboxylic acids is 2. The number of nitrogens with two attached hydrogens (primary N) is 1. The molecule has 0 saturated carbocycles. The summed E-state index contributed by atoms with van der Waals surface area (Å²) in [5.74, 6) is -0.0773. The first-order chi connectivity index (χ1) is 15.5. The van der Waals surface area contributed by atoms with Gasteiger partial charge in [0.05, 0.1) is 11.4 Å². The van der Waals surface area contributed by atoms with Crippen LogP contribution in [0.1, 0.15) is 33.6 Å². The molecule has 1 aromatic heterocycles. The van der Waals surface area contributed by atoms with E-state index in [-0.39, 0.29) is 11.8 Å². The number of nitrogen functional groups attached to an aromatic ring is 1. The van der Waals surface area contributed by atoms with Crippen molar-refractivity contribution in [1.29, 1.82) is 5.26 Å². The summed E-state index contributed by atoms with van der Waals surface area (Å²) in [4.78, 5) is 23.6. The number of aryl methyl sites for hydroxylation is 1. The van der Waals surface area contributed by atoms with E-state index in [2.05, 4.69) is 21.8 Å². The van der Waals surface area contributed by atoms with Gasteiger partial charge in [0, 0.05) is 25.2 Å². The number of anilines is 1. The van der Waals surface area contributed by atoms with Gasteiger partial charge in [0.15, 0.2) is 0 Å². The van der Waals surface area contributed by atoms with E-state index >= 15 is 0 Å². The Morgan fingerprint density at radius 2 is 1.88 bits per heavy atom. The zero-order valence-corrected chi connectivity index (χ0v) is 17.7. The molecule has 0 fully saturated rings. The van der Waals surface area contributed by atoms with E-state index in [0.29, 0.717) is 42.0 Å². The van der Waals surface area contributed by atoms with Crippen molar-refractivity contribution in [3.63, 3.8) is 0 Å². The largest absolute Gasteiger partial charge is 0.382 e. The molecule has 8 nitrogen and oxygen atoms in total. The fourth-order valence-corrected chi connectivity index (χ4v) is 3.13. The maximum absolute atomic E-state index is 12.1. The second kappa shape index (κ2) is 10.6. The van der Waals surface area contributed by atoms with Crippen LogP contribution < -0.4 is 16.4 Å². The molecule has 162 valence electrons. The average molecular weight is 428 g/mol. The Kier molecular flexibility index (Phi) is 7.38. The summed E-state index contributed by atoms with van der Waals surface area (Å²) in [6.07, 6.45) is 4.24. The summed E-state index contributed by atoms with van der Waals surface area (Å²) in [6, 6.07) is 18.4. The maximum atomic E-state index is 12.1. The number of para-hydroxylation sites is 1. The second-order valence-corrected chi connectivity index (χ2v) is 7.00. The Balaban J connectivity index is 1.52. The average Bonchev–Trinajstić information content (AvgIpc) is 3.15. The van der Waals surface area contributed by atoms with Gasteiger partial charge >= 0.3 is 0 Å². The van der Waals surface area contributed by atoms with Crippen LogP contribution in [-0.2, 0) is 11.2 Å². The minimum Gasteiger partial charge on any atom is -0.382 e. The molecule has 2 amide bonds. The SMILES string of the molecule is CNC(=O)c1ccc(/C=C/C(=O)NCCCc2nn(-c3ccccc3)c(N)c2C#N)cc1. The summed E-state index contributed by atoms with van der Waals surface area (Å²) in [6.45, 7) is 0.432. The van der Waals surface area contributed by atoms with Gasteiger partial charge in [0.1, 0.15) is 17.5 Å². The Hall–Kier alpha value is -4.38. The van der Waals surface area contributed by atoms with E-state index in [1.165, 1.54) is 6.08 Å². The van der Waals surface area contributed by atoms with Gasteiger partial charge in [-0.3, -0.25) is 9.59 Å². The molecular formula is C24H24N6O2. The summed E-state index contributed by atoms with van der Waals surface area (Å²) in [7, 11) is 1.57. The Morgan fingerprint density at radius 1 is 1.16 bits per heavy atom. The number of nitrogens with one attached hydrogen (secondary N) is 2. The van der Waals surface area contributed by atoms with Crippen molar-refractivity contribution in [2.24, 2.45) is 0 Å². The van der Waals surface area contributed by atoms with Gasteiger partial charge in [-0.1, -0.05) is 30.3 Å². The van der Waals surface area contributed by atoms with Crippen molar-refractivity contribution in [1.82, 2.24) is 20.4 Å². The molecule has 0 atom stereocenters. The standard InChI is InChI=1S/C24H24N6O2/c1-27-24(32)18-12-9-17(10-13-18)11-14-22(31)28-15-5-8-21-20(16-25)23(26)30(29-21)19-6-3-2-4-7-19/h2-4,6-7,9-14H,5,8,15,26H2,1H3,(H,27,32)(H,28,31)/b14-11+. The zero-order valence-electron chi connectivity index (χ0n) is 17.7. The normalized spacial score (nSPS) is 10.6. The number of hydrogen-bond donors (Lipinski definition) is 3. The van der Waals surface area contributed by atoms with E-state index < -0.39 is 0 Å². The van der Waals surface area contributed by atoms with Crippen LogP contribution in [0.2, 0.25) is 0 Å². The van der Waals surface area contributed by atoms with Gasteiger partial charge in [-0.05, 0) is 48.7 Å². The van der Waals surface area contributed by atoms with Crippen LogP contribution in [0.25, 0.3) is 11.8 Å². The van der Waals surface area contributed by atoms with Crippen molar-refractivity contribution >= 4 is 23.7 Å². The summed E-state index contributed by atoms with van der Waals surface area (Å²) >= 11 is 0. The quantitative estimate of drug-likeness (QED) is 0.375. The highest BCUT2D eigenvalue weighted by Gasteiger charge is 2.16. The minimum absolute atomic E-state index is 0.159. The maximum Gasteiger partial charge on any atom is 0.251 e. The molecule has 0 aliphatic carbocycles. The molecule has 0 aliphatic rings. The molecule has 0 spiro atoms. The van der Waals surface area contributed by atoms with Crippen LogP contribution in [0.4, 0.5) is 5.82 Å². The fraction of sp³-hybridized carbons (Fsp3) is 0.167. The number of nitrogens with zero attached hydrogens (tertiary/aromatic N) is 3. The van der Waals surface area contributed by atoms with Crippen molar-refractivity contribution in [3.05, 3.63) is 83.1 Å². The van der Waals surface area contributed by atoms with Crippen molar-refractivity contribution in [2.45, 2.75) is 12.8 Å². The van der Waals surface area contributed by atoms with Crippen LogP contribution in [0, 0.1) is 11.3 Å². The molecule has 3 rings (SSSR count). The van der Waals surface area contributed by atoms with Gasteiger partial charge < -0.3 is 16.4 Å². The Bertz CT molecular complexity index is 1160. The van der Waals surface area contributed by atoms with Crippen LogP contribution in [0.15, 0.2) is 60.7 Å². The molecule has 8 heteroatoms. The molecule has 0 aliphatic heterocycles. The minimum atomic E-state index is -0.227. The molecule has 3 aromatic rings.